The lowest BCUT2D eigenvalue weighted by Crippen LogP contribution is -2.56. The molecule has 2 rings (SSSR count). The van der Waals surface area contributed by atoms with Crippen molar-refractivity contribution in [1.29, 1.82) is 0 Å². The van der Waals surface area contributed by atoms with Crippen LogP contribution in [0.3, 0.4) is 0 Å². The summed E-state index contributed by atoms with van der Waals surface area (Å²) < 4.78 is 5.35. The number of rotatable bonds is 4. The van der Waals surface area contributed by atoms with Gasteiger partial charge < -0.3 is 15.8 Å². The summed E-state index contributed by atoms with van der Waals surface area (Å²) in [5.74, 6) is 0. The van der Waals surface area contributed by atoms with E-state index in [0.29, 0.717) is 6.04 Å². The predicted molar refractivity (Wildman–Crippen MR) is 64.5 cm³/mol. The highest BCUT2D eigenvalue weighted by Gasteiger charge is 2.21. The Balaban J connectivity index is 1.70. The fourth-order valence-electron chi connectivity index (χ4n) is 2.42. The number of nitrogens with one attached hydrogen (secondary N) is 1. The highest BCUT2D eigenvalue weighted by Crippen LogP contribution is 2.03. The van der Waals surface area contributed by atoms with E-state index in [1.165, 1.54) is 0 Å². The smallest absolute Gasteiger partial charge is 0.0594 e. The second-order valence-electron chi connectivity index (χ2n) is 4.58. The van der Waals surface area contributed by atoms with Crippen LogP contribution in [0.2, 0.25) is 0 Å². The average Bonchev–Trinajstić information content (AvgIpc) is 2.38. The minimum Gasteiger partial charge on any atom is -0.379 e. The standard InChI is InChI=1S/C11H24N4O/c12-9-11-10-13-1-2-15(11)4-3-14-5-7-16-8-6-14/h11,13H,1-10,12H2. The third kappa shape index (κ3) is 3.40. The van der Waals surface area contributed by atoms with Gasteiger partial charge in [-0.25, -0.2) is 0 Å². The molecule has 2 heterocycles. The third-order valence-electron chi connectivity index (χ3n) is 3.55. The molecule has 0 aromatic carbocycles. The molecule has 0 aliphatic carbocycles. The second kappa shape index (κ2) is 6.51. The predicted octanol–water partition coefficient (Wildman–Crippen LogP) is -1.45. The van der Waals surface area contributed by atoms with Gasteiger partial charge >= 0.3 is 0 Å². The summed E-state index contributed by atoms with van der Waals surface area (Å²) >= 11 is 0. The van der Waals surface area contributed by atoms with Gasteiger partial charge in [-0.3, -0.25) is 9.80 Å². The zero-order chi connectivity index (χ0) is 11.2. The molecule has 0 bridgehead atoms. The number of hydrogen-bond acceptors (Lipinski definition) is 5. The molecule has 2 aliphatic rings. The summed E-state index contributed by atoms with van der Waals surface area (Å²) in [6, 6.07) is 0.523. The highest BCUT2D eigenvalue weighted by molar-refractivity contribution is 4.81. The maximum absolute atomic E-state index is 5.79. The van der Waals surface area contributed by atoms with E-state index in [4.69, 9.17) is 10.5 Å². The van der Waals surface area contributed by atoms with Crippen molar-refractivity contribution in [2.24, 2.45) is 5.73 Å². The van der Waals surface area contributed by atoms with E-state index < -0.39 is 0 Å². The van der Waals surface area contributed by atoms with Gasteiger partial charge in [0, 0.05) is 58.4 Å². The molecular weight excluding hydrogens is 204 g/mol. The van der Waals surface area contributed by atoms with Crippen LogP contribution in [0, 0.1) is 0 Å². The van der Waals surface area contributed by atoms with Crippen molar-refractivity contribution >= 4 is 0 Å². The van der Waals surface area contributed by atoms with Crippen molar-refractivity contribution in [1.82, 2.24) is 15.1 Å². The van der Waals surface area contributed by atoms with Crippen LogP contribution < -0.4 is 11.1 Å². The summed E-state index contributed by atoms with van der Waals surface area (Å²) in [7, 11) is 0. The van der Waals surface area contributed by atoms with Gasteiger partial charge in [0.25, 0.3) is 0 Å². The Hall–Kier alpha value is -0.200. The number of ether oxygens (including phenoxy) is 1. The van der Waals surface area contributed by atoms with Crippen molar-refractivity contribution in [3.05, 3.63) is 0 Å². The Morgan fingerprint density at radius 2 is 2.00 bits per heavy atom. The van der Waals surface area contributed by atoms with Crippen LogP contribution in [-0.2, 0) is 4.74 Å². The molecule has 16 heavy (non-hydrogen) atoms. The van der Waals surface area contributed by atoms with E-state index in [9.17, 15) is 0 Å². The van der Waals surface area contributed by atoms with E-state index in [-0.39, 0.29) is 0 Å². The monoisotopic (exact) mass is 228 g/mol. The largest absolute Gasteiger partial charge is 0.379 e. The van der Waals surface area contributed by atoms with Crippen molar-refractivity contribution in [2.75, 3.05) is 65.6 Å². The minimum absolute atomic E-state index is 0.523. The van der Waals surface area contributed by atoms with Crippen LogP contribution in [-0.4, -0.2) is 81.4 Å². The van der Waals surface area contributed by atoms with Gasteiger partial charge in [0.15, 0.2) is 0 Å². The van der Waals surface area contributed by atoms with Gasteiger partial charge in [0.1, 0.15) is 0 Å². The zero-order valence-corrected chi connectivity index (χ0v) is 10.0. The highest BCUT2D eigenvalue weighted by atomic mass is 16.5. The molecule has 2 saturated heterocycles. The summed E-state index contributed by atoms with van der Waals surface area (Å²) in [4.78, 5) is 5.01. The molecule has 0 aromatic heterocycles. The molecule has 0 radical (unpaired) electrons. The number of nitrogens with zero attached hydrogens (tertiary/aromatic N) is 2. The summed E-state index contributed by atoms with van der Waals surface area (Å²) in [5.41, 5.74) is 5.79. The van der Waals surface area contributed by atoms with Crippen LogP contribution in [0.5, 0.6) is 0 Å². The Morgan fingerprint density at radius 3 is 2.75 bits per heavy atom. The van der Waals surface area contributed by atoms with Gasteiger partial charge in [-0.15, -0.1) is 0 Å². The lowest BCUT2D eigenvalue weighted by molar-refractivity contribution is 0.0296. The molecule has 0 aromatic rings. The van der Waals surface area contributed by atoms with E-state index in [0.717, 1.165) is 65.6 Å². The molecule has 1 unspecified atom stereocenters. The quantitative estimate of drug-likeness (QED) is 0.617. The van der Waals surface area contributed by atoms with Gasteiger partial charge in [0.2, 0.25) is 0 Å². The molecule has 3 N–H and O–H groups in total. The molecule has 5 nitrogen and oxygen atoms in total. The van der Waals surface area contributed by atoms with Crippen molar-refractivity contribution in [2.45, 2.75) is 6.04 Å². The van der Waals surface area contributed by atoms with Gasteiger partial charge in [-0.1, -0.05) is 0 Å². The molecule has 94 valence electrons. The molecule has 2 fully saturated rings. The Kier molecular flexibility index (Phi) is 4.99. The first-order chi connectivity index (χ1) is 7.90. The normalized spacial score (nSPS) is 29.4. The Labute approximate surface area is 97.9 Å². The number of nitrogens with two attached hydrogens (primary N) is 1. The van der Waals surface area contributed by atoms with Gasteiger partial charge in [-0.2, -0.15) is 0 Å². The number of piperazine rings is 1. The molecule has 0 spiro atoms. The molecular formula is C11H24N4O. The first-order valence-electron chi connectivity index (χ1n) is 6.35. The second-order valence-corrected chi connectivity index (χ2v) is 4.58. The van der Waals surface area contributed by atoms with Gasteiger partial charge in [0.05, 0.1) is 13.2 Å². The minimum atomic E-state index is 0.523. The molecule has 1 atom stereocenters. The molecule has 0 amide bonds. The van der Waals surface area contributed by atoms with Crippen LogP contribution >= 0.6 is 0 Å². The molecule has 5 heteroatoms. The van der Waals surface area contributed by atoms with Crippen LogP contribution in [0.1, 0.15) is 0 Å². The van der Waals surface area contributed by atoms with Crippen molar-refractivity contribution < 1.29 is 4.74 Å². The van der Waals surface area contributed by atoms with Crippen molar-refractivity contribution in [3.63, 3.8) is 0 Å². The van der Waals surface area contributed by atoms with Crippen molar-refractivity contribution in [3.8, 4) is 0 Å². The Bertz CT molecular complexity index is 196. The topological polar surface area (TPSA) is 53.8 Å². The number of morpholine rings is 1. The van der Waals surface area contributed by atoms with Crippen LogP contribution in [0.25, 0.3) is 0 Å². The van der Waals surface area contributed by atoms with Crippen LogP contribution in [0.4, 0.5) is 0 Å². The first-order valence-corrected chi connectivity index (χ1v) is 6.35. The van der Waals surface area contributed by atoms with E-state index in [1.807, 2.05) is 0 Å². The van der Waals surface area contributed by atoms with E-state index >= 15 is 0 Å². The lowest BCUT2D eigenvalue weighted by Gasteiger charge is -2.37. The molecule has 0 saturated carbocycles. The molecule has 2 aliphatic heterocycles. The van der Waals surface area contributed by atoms with Gasteiger partial charge in [-0.05, 0) is 0 Å². The summed E-state index contributed by atoms with van der Waals surface area (Å²) in [6.07, 6.45) is 0. The average molecular weight is 228 g/mol. The fourth-order valence-corrected chi connectivity index (χ4v) is 2.42. The van der Waals surface area contributed by atoms with E-state index in [1.54, 1.807) is 0 Å². The van der Waals surface area contributed by atoms with E-state index in [2.05, 4.69) is 15.1 Å². The third-order valence-corrected chi connectivity index (χ3v) is 3.55. The summed E-state index contributed by atoms with van der Waals surface area (Å²) in [6.45, 7) is 10.3. The zero-order valence-electron chi connectivity index (χ0n) is 10.0. The first kappa shape index (κ1) is 12.3. The lowest BCUT2D eigenvalue weighted by atomic mass is 10.2. The maximum Gasteiger partial charge on any atom is 0.0594 e. The fraction of sp³-hybridized carbons (Fsp3) is 1.00. The Morgan fingerprint density at radius 1 is 1.19 bits per heavy atom. The SMILES string of the molecule is NCC1CNCCN1CCN1CCOCC1. The maximum atomic E-state index is 5.79. The summed E-state index contributed by atoms with van der Waals surface area (Å²) in [5, 5.41) is 3.40. The number of hydrogen-bond donors (Lipinski definition) is 2. The van der Waals surface area contributed by atoms with Crippen LogP contribution in [0.15, 0.2) is 0 Å².